The minimum atomic E-state index is -0.461. The van der Waals surface area contributed by atoms with Gasteiger partial charge in [-0.1, -0.05) is 19.1 Å². The fourth-order valence-corrected chi connectivity index (χ4v) is 2.02. The average molecular weight is 287 g/mol. The van der Waals surface area contributed by atoms with Crippen LogP contribution in [0, 0.1) is 10.1 Å². The van der Waals surface area contributed by atoms with Gasteiger partial charge in [-0.3, -0.25) is 10.1 Å². The Morgan fingerprint density at radius 3 is 2.48 bits per heavy atom. The highest BCUT2D eigenvalue weighted by Gasteiger charge is 2.11. The van der Waals surface area contributed by atoms with Gasteiger partial charge in [0.05, 0.1) is 18.1 Å². The maximum Gasteiger partial charge on any atom is 0.287 e. The predicted molar refractivity (Wildman–Crippen MR) is 80.5 cm³/mol. The van der Waals surface area contributed by atoms with E-state index in [-0.39, 0.29) is 11.7 Å². The molecule has 0 saturated carbocycles. The molecule has 0 saturated heterocycles. The van der Waals surface area contributed by atoms with Gasteiger partial charge in [0.2, 0.25) is 0 Å². The lowest BCUT2D eigenvalue weighted by Gasteiger charge is -2.18. The number of methoxy groups -OCH3 is 1. The summed E-state index contributed by atoms with van der Waals surface area (Å²) in [5.41, 5.74) is 1.09. The third-order valence-electron chi connectivity index (χ3n) is 3.21. The summed E-state index contributed by atoms with van der Waals surface area (Å²) in [7, 11) is 1.63. The molecule has 0 spiro atoms. The molecule has 1 aromatic heterocycles. The number of rotatable bonds is 6. The molecule has 110 valence electrons. The van der Waals surface area contributed by atoms with Crippen molar-refractivity contribution in [1.82, 2.24) is 4.98 Å². The molecule has 0 amide bonds. The van der Waals surface area contributed by atoms with Crippen LogP contribution in [-0.2, 0) is 0 Å². The lowest BCUT2D eigenvalue weighted by atomic mass is 10.0. The molecule has 0 aliphatic rings. The fourth-order valence-electron chi connectivity index (χ4n) is 2.02. The van der Waals surface area contributed by atoms with Gasteiger partial charge in [-0.2, -0.15) is 0 Å². The summed E-state index contributed by atoms with van der Waals surface area (Å²) in [4.78, 5) is 14.2. The van der Waals surface area contributed by atoms with Crippen molar-refractivity contribution in [2.24, 2.45) is 0 Å². The highest BCUT2D eigenvalue weighted by Crippen LogP contribution is 2.24. The molecule has 21 heavy (non-hydrogen) atoms. The molecular formula is C15H17N3O3. The molecule has 0 bridgehead atoms. The van der Waals surface area contributed by atoms with Crippen molar-refractivity contribution < 1.29 is 9.66 Å². The van der Waals surface area contributed by atoms with Crippen LogP contribution >= 0.6 is 0 Å². The lowest BCUT2D eigenvalue weighted by molar-refractivity contribution is -0.385. The van der Waals surface area contributed by atoms with E-state index in [9.17, 15) is 10.1 Å². The van der Waals surface area contributed by atoms with E-state index in [0.29, 0.717) is 5.82 Å². The smallest absolute Gasteiger partial charge is 0.287 e. The van der Waals surface area contributed by atoms with Crippen molar-refractivity contribution in [3.8, 4) is 5.75 Å². The summed E-state index contributed by atoms with van der Waals surface area (Å²) in [5, 5.41) is 13.9. The van der Waals surface area contributed by atoms with Crippen LogP contribution in [0.25, 0.3) is 0 Å². The van der Waals surface area contributed by atoms with E-state index in [1.54, 1.807) is 13.2 Å². The van der Waals surface area contributed by atoms with Crippen LogP contribution in [0.5, 0.6) is 5.75 Å². The Labute approximate surface area is 122 Å². The highest BCUT2D eigenvalue weighted by atomic mass is 16.6. The highest BCUT2D eigenvalue weighted by molar-refractivity contribution is 5.43. The van der Waals surface area contributed by atoms with Crippen LogP contribution in [0.1, 0.15) is 24.9 Å². The minimum absolute atomic E-state index is 0.0157. The Hall–Kier alpha value is -2.63. The van der Waals surface area contributed by atoms with Gasteiger partial charge in [-0.05, 0) is 30.2 Å². The van der Waals surface area contributed by atoms with Crippen LogP contribution in [0.2, 0.25) is 0 Å². The van der Waals surface area contributed by atoms with Gasteiger partial charge in [0.15, 0.2) is 0 Å². The number of nitrogens with zero attached hydrogens (tertiary/aromatic N) is 2. The second kappa shape index (κ2) is 6.69. The predicted octanol–water partition coefficient (Wildman–Crippen LogP) is 3.56. The van der Waals surface area contributed by atoms with Crippen molar-refractivity contribution in [3.05, 3.63) is 58.3 Å². The van der Waals surface area contributed by atoms with E-state index in [2.05, 4.69) is 17.2 Å². The molecular weight excluding hydrogens is 270 g/mol. The molecule has 1 N–H and O–H groups in total. The van der Waals surface area contributed by atoms with Crippen LogP contribution in [0.15, 0.2) is 42.6 Å². The van der Waals surface area contributed by atoms with Gasteiger partial charge >= 0.3 is 0 Å². The fraction of sp³-hybridized carbons (Fsp3) is 0.267. The van der Waals surface area contributed by atoms with Gasteiger partial charge in [0, 0.05) is 6.07 Å². The molecule has 2 aromatic rings. The first-order chi connectivity index (χ1) is 10.1. The van der Waals surface area contributed by atoms with Crippen molar-refractivity contribution >= 4 is 11.5 Å². The maximum atomic E-state index is 10.6. The summed E-state index contributed by atoms with van der Waals surface area (Å²) >= 11 is 0. The van der Waals surface area contributed by atoms with Crippen molar-refractivity contribution in [2.45, 2.75) is 19.4 Å². The first kappa shape index (κ1) is 14.8. The third kappa shape index (κ3) is 3.68. The second-order valence-corrected chi connectivity index (χ2v) is 4.54. The number of anilines is 1. The number of ether oxygens (including phenoxy) is 1. The Kier molecular flexibility index (Phi) is 4.71. The van der Waals surface area contributed by atoms with Crippen LogP contribution in [0.4, 0.5) is 11.5 Å². The van der Waals surface area contributed by atoms with Gasteiger partial charge in [-0.15, -0.1) is 0 Å². The summed E-state index contributed by atoms with van der Waals surface area (Å²) in [5.74, 6) is 1.42. The van der Waals surface area contributed by atoms with E-state index in [1.807, 2.05) is 24.3 Å². The molecule has 0 aliphatic carbocycles. The minimum Gasteiger partial charge on any atom is -0.497 e. The zero-order valence-corrected chi connectivity index (χ0v) is 11.9. The summed E-state index contributed by atoms with van der Waals surface area (Å²) in [6.45, 7) is 2.06. The molecule has 6 nitrogen and oxygen atoms in total. The van der Waals surface area contributed by atoms with E-state index in [4.69, 9.17) is 4.74 Å². The number of hydrogen-bond donors (Lipinski definition) is 1. The third-order valence-corrected chi connectivity index (χ3v) is 3.21. The molecule has 1 aromatic carbocycles. The summed E-state index contributed by atoms with van der Waals surface area (Å²) in [6, 6.07) is 10.9. The largest absolute Gasteiger partial charge is 0.497 e. The Morgan fingerprint density at radius 2 is 2.00 bits per heavy atom. The van der Waals surface area contributed by atoms with E-state index < -0.39 is 4.92 Å². The van der Waals surface area contributed by atoms with Crippen molar-refractivity contribution in [1.29, 1.82) is 0 Å². The van der Waals surface area contributed by atoms with Crippen LogP contribution < -0.4 is 10.1 Å². The molecule has 0 radical (unpaired) electrons. The van der Waals surface area contributed by atoms with Crippen LogP contribution in [0.3, 0.4) is 0 Å². The zero-order valence-electron chi connectivity index (χ0n) is 11.9. The second-order valence-electron chi connectivity index (χ2n) is 4.54. The van der Waals surface area contributed by atoms with Crippen molar-refractivity contribution in [3.63, 3.8) is 0 Å². The van der Waals surface area contributed by atoms with E-state index in [0.717, 1.165) is 17.7 Å². The molecule has 0 fully saturated rings. The molecule has 1 atom stereocenters. The molecule has 1 heterocycles. The quantitative estimate of drug-likeness (QED) is 0.649. The SMILES string of the molecule is CCC(Nc1ccc([N+](=O)[O-])cn1)c1ccc(OC)cc1. The number of nitro groups is 1. The van der Waals surface area contributed by atoms with E-state index >= 15 is 0 Å². The van der Waals surface area contributed by atoms with E-state index in [1.165, 1.54) is 12.3 Å². The van der Waals surface area contributed by atoms with Crippen molar-refractivity contribution in [2.75, 3.05) is 12.4 Å². The molecule has 2 rings (SSSR count). The number of nitrogens with one attached hydrogen (secondary N) is 1. The Morgan fingerprint density at radius 1 is 1.29 bits per heavy atom. The maximum absolute atomic E-state index is 10.6. The molecule has 6 heteroatoms. The zero-order chi connectivity index (χ0) is 15.2. The molecule has 1 unspecified atom stereocenters. The Bertz CT molecular complexity index is 597. The standard InChI is InChI=1S/C15H17N3O3/c1-3-14(11-4-7-13(21-2)8-5-11)17-15-9-6-12(10-16-15)18(19)20/h4-10,14H,3H2,1-2H3,(H,16,17). The average Bonchev–Trinajstić information content (AvgIpc) is 2.53. The lowest BCUT2D eigenvalue weighted by Crippen LogP contribution is -2.10. The number of hydrogen-bond acceptors (Lipinski definition) is 5. The first-order valence-electron chi connectivity index (χ1n) is 6.65. The monoisotopic (exact) mass is 287 g/mol. The summed E-state index contributed by atoms with van der Waals surface area (Å²) < 4.78 is 5.14. The Balaban J connectivity index is 2.12. The number of benzene rings is 1. The van der Waals surface area contributed by atoms with Gasteiger partial charge < -0.3 is 10.1 Å². The van der Waals surface area contributed by atoms with Gasteiger partial charge in [0.25, 0.3) is 5.69 Å². The molecule has 0 aliphatic heterocycles. The van der Waals surface area contributed by atoms with Crippen LogP contribution in [-0.4, -0.2) is 17.0 Å². The summed E-state index contributed by atoms with van der Waals surface area (Å²) in [6.07, 6.45) is 2.12. The number of aromatic nitrogens is 1. The normalized spacial score (nSPS) is 11.7. The topological polar surface area (TPSA) is 77.3 Å². The van der Waals surface area contributed by atoms with Gasteiger partial charge in [0.1, 0.15) is 17.8 Å². The van der Waals surface area contributed by atoms with Gasteiger partial charge in [-0.25, -0.2) is 4.98 Å². The first-order valence-corrected chi connectivity index (χ1v) is 6.65. The number of pyridine rings is 1.